The number of hydrazone groups is 1. The first-order valence-corrected chi connectivity index (χ1v) is 8.81. The highest BCUT2D eigenvalue weighted by molar-refractivity contribution is 7.99. The highest BCUT2D eigenvalue weighted by Crippen LogP contribution is 2.21. The van der Waals surface area contributed by atoms with E-state index in [2.05, 4.69) is 45.2 Å². The van der Waals surface area contributed by atoms with Crippen molar-refractivity contribution in [1.82, 2.24) is 21.0 Å². The molecule has 2 aliphatic rings. The van der Waals surface area contributed by atoms with Crippen LogP contribution in [-0.2, 0) is 0 Å². The topological polar surface area (TPSA) is 68.9 Å². The summed E-state index contributed by atoms with van der Waals surface area (Å²) in [6, 6.07) is 10.7. The monoisotopic (exact) mass is 320 g/mol. The highest BCUT2D eigenvalue weighted by Gasteiger charge is 2.31. The van der Waals surface area contributed by atoms with Crippen molar-refractivity contribution in [1.29, 1.82) is 0 Å². The lowest BCUT2D eigenvalue weighted by Gasteiger charge is -2.31. The SMILES string of the molecule is NC(CCN1CCCC1N1NC=NN1)CSc1ccccc1. The maximum atomic E-state index is 6.28. The van der Waals surface area contributed by atoms with Gasteiger partial charge in [-0.25, -0.2) is 5.53 Å². The van der Waals surface area contributed by atoms with Crippen LogP contribution in [0.15, 0.2) is 40.3 Å². The van der Waals surface area contributed by atoms with Gasteiger partial charge in [-0.15, -0.1) is 16.9 Å². The molecule has 7 heteroatoms. The Morgan fingerprint density at radius 2 is 2.23 bits per heavy atom. The number of likely N-dealkylation sites (tertiary alicyclic amines) is 1. The molecule has 1 aromatic rings. The first-order chi connectivity index (χ1) is 10.8. The van der Waals surface area contributed by atoms with Crippen LogP contribution in [0.2, 0.25) is 0 Å². The molecule has 1 aromatic carbocycles. The molecule has 120 valence electrons. The van der Waals surface area contributed by atoms with E-state index in [4.69, 9.17) is 5.73 Å². The Balaban J connectivity index is 1.39. The van der Waals surface area contributed by atoms with Crippen molar-refractivity contribution in [3.63, 3.8) is 0 Å². The highest BCUT2D eigenvalue weighted by atomic mass is 32.2. The maximum Gasteiger partial charge on any atom is 0.126 e. The van der Waals surface area contributed by atoms with Crippen LogP contribution in [0.4, 0.5) is 0 Å². The van der Waals surface area contributed by atoms with Gasteiger partial charge in [0, 0.05) is 23.2 Å². The summed E-state index contributed by atoms with van der Waals surface area (Å²) >= 11 is 1.84. The summed E-state index contributed by atoms with van der Waals surface area (Å²) < 4.78 is 0. The third-order valence-electron chi connectivity index (χ3n) is 4.05. The van der Waals surface area contributed by atoms with Crippen molar-refractivity contribution in [3.05, 3.63) is 30.3 Å². The number of rotatable bonds is 7. The van der Waals surface area contributed by atoms with Gasteiger partial charge in [-0.3, -0.25) is 10.3 Å². The number of nitrogens with one attached hydrogen (secondary N) is 2. The van der Waals surface area contributed by atoms with E-state index in [1.807, 2.05) is 22.9 Å². The van der Waals surface area contributed by atoms with Crippen molar-refractivity contribution in [2.24, 2.45) is 10.8 Å². The standard InChI is InChI=1S/C15H24N6S/c16-13(11-22-14-5-2-1-3-6-14)8-10-20-9-4-7-15(20)21-18-12-17-19-21/h1-3,5-6,12-13,15,19H,4,7-11,16H2,(H,17,18). The van der Waals surface area contributed by atoms with Gasteiger partial charge in [0.25, 0.3) is 0 Å². The van der Waals surface area contributed by atoms with E-state index in [1.165, 1.54) is 11.3 Å². The van der Waals surface area contributed by atoms with Gasteiger partial charge in [0.1, 0.15) is 12.5 Å². The minimum absolute atomic E-state index is 0.224. The zero-order valence-corrected chi connectivity index (χ0v) is 13.5. The van der Waals surface area contributed by atoms with Gasteiger partial charge in [0.05, 0.1) is 0 Å². The fourth-order valence-electron chi connectivity index (χ4n) is 2.86. The molecule has 4 N–H and O–H groups in total. The van der Waals surface area contributed by atoms with Gasteiger partial charge in [-0.05, 0) is 37.9 Å². The number of thioether (sulfide) groups is 1. The van der Waals surface area contributed by atoms with E-state index in [9.17, 15) is 0 Å². The number of nitrogens with zero attached hydrogens (tertiary/aromatic N) is 3. The lowest BCUT2D eigenvalue weighted by atomic mass is 10.2. The maximum absolute atomic E-state index is 6.28. The first-order valence-electron chi connectivity index (χ1n) is 7.83. The van der Waals surface area contributed by atoms with Gasteiger partial charge in [-0.1, -0.05) is 18.2 Å². The normalized spacial score (nSPS) is 23.4. The fourth-order valence-corrected chi connectivity index (χ4v) is 3.78. The summed E-state index contributed by atoms with van der Waals surface area (Å²) in [7, 11) is 0. The third-order valence-corrected chi connectivity index (χ3v) is 5.25. The molecule has 0 aliphatic carbocycles. The Morgan fingerprint density at radius 1 is 1.36 bits per heavy atom. The molecule has 0 spiro atoms. The lowest BCUT2D eigenvalue weighted by molar-refractivity contribution is 0.0196. The van der Waals surface area contributed by atoms with Gasteiger partial charge in [0.15, 0.2) is 0 Å². The van der Waals surface area contributed by atoms with Crippen LogP contribution in [0.1, 0.15) is 19.3 Å². The Hall–Kier alpha value is -1.28. The molecule has 2 heterocycles. The minimum atomic E-state index is 0.224. The van der Waals surface area contributed by atoms with Crippen LogP contribution in [0.25, 0.3) is 0 Å². The largest absolute Gasteiger partial charge is 0.327 e. The molecule has 22 heavy (non-hydrogen) atoms. The van der Waals surface area contributed by atoms with Crippen molar-refractivity contribution in [2.45, 2.75) is 36.4 Å². The summed E-state index contributed by atoms with van der Waals surface area (Å²) in [6.07, 6.45) is 5.43. The smallest absolute Gasteiger partial charge is 0.126 e. The number of hydrogen-bond acceptors (Lipinski definition) is 7. The number of hydrazine groups is 2. The lowest BCUT2D eigenvalue weighted by Crippen LogP contribution is -2.53. The Labute approximate surface area is 136 Å². The molecule has 0 aromatic heterocycles. The second kappa shape index (κ2) is 7.82. The van der Waals surface area contributed by atoms with Gasteiger partial charge in [-0.2, -0.15) is 5.10 Å². The zero-order chi connectivity index (χ0) is 15.2. The molecule has 1 saturated heterocycles. The minimum Gasteiger partial charge on any atom is -0.327 e. The van der Waals surface area contributed by atoms with Crippen molar-refractivity contribution in [3.8, 4) is 0 Å². The molecule has 2 atom stereocenters. The number of hydrogen-bond donors (Lipinski definition) is 3. The van der Waals surface area contributed by atoms with Crippen molar-refractivity contribution < 1.29 is 0 Å². The van der Waals surface area contributed by atoms with Gasteiger partial charge >= 0.3 is 0 Å². The first kappa shape index (κ1) is 15.6. The van der Waals surface area contributed by atoms with E-state index in [0.29, 0.717) is 6.17 Å². The molecule has 0 radical (unpaired) electrons. The molecule has 0 bridgehead atoms. The van der Waals surface area contributed by atoms with Crippen LogP contribution in [0.5, 0.6) is 0 Å². The molecule has 3 rings (SSSR count). The fraction of sp³-hybridized carbons (Fsp3) is 0.533. The molecule has 0 amide bonds. The second-order valence-electron chi connectivity index (χ2n) is 5.69. The van der Waals surface area contributed by atoms with E-state index in [1.54, 1.807) is 6.34 Å². The average molecular weight is 320 g/mol. The molecule has 6 nitrogen and oxygen atoms in total. The van der Waals surface area contributed by atoms with Crippen LogP contribution in [0, 0.1) is 0 Å². The predicted octanol–water partition coefficient (Wildman–Crippen LogP) is 1.19. The number of nitrogens with two attached hydrogens (primary N) is 1. The Kier molecular flexibility index (Phi) is 5.55. The predicted molar refractivity (Wildman–Crippen MR) is 91.0 cm³/mol. The second-order valence-corrected chi connectivity index (χ2v) is 6.78. The van der Waals surface area contributed by atoms with Crippen molar-refractivity contribution in [2.75, 3.05) is 18.8 Å². The van der Waals surface area contributed by atoms with E-state index >= 15 is 0 Å². The van der Waals surface area contributed by atoms with Crippen LogP contribution >= 0.6 is 11.8 Å². The summed E-state index contributed by atoms with van der Waals surface area (Å²) in [5.41, 5.74) is 12.4. The summed E-state index contributed by atoms with van der Waals surface area (Å²) in [4.78, 5) is 3.77. The molecule has 1 fully saturated rings. The molecule has 2 unspecified atom stereocenters. The van der Waals surface area contributed by atoms with E-state index < -0.39 is 0 Å². The summed E-state index contributed by atoms with van der Waals surface area (Å²) in [5, 5.41) is 5.96. The van der Waals surface area contributed by atoms with Crippen LogP contribution in [0.3, 0.4) is 0 Å². The third kappa shape index (κ3) is 4.13. The van der Waals surface area contributed by atoms with Gasteiger partial charge in [0.2, 0.25) is 0 Å². The zero-order valence-electron chi connectivity index (χ0n) is 12.7. The Morgan fingerprint density at radius 3 is 3.00 bits per heavy atom. The molecular weight excluding hydrogens is 296 g/mol. The van der Waals surface area contributed by atoms with Crippen molar-refractivity contribution >= 4 is 18.1 Å². The van der Waals surface area contributed by atoms with Gasteiger partial charge < -0.3 is 5.73 Å². The van der Waals surface area contributed by atoms with E-state index in [-0.39, 0.29) is 6.04 Å². The average Bonchev–Trinajstić information content (AvgIpc) is 3.22. The summed E-state index contributed by atoms with van der Waals surface area (Å²) in [5.74, 6) is 0.964. The number of benzene rings is 1. The molecule has 2 aliphatic heterocycles. The van der Waals surface area contributed by atoms with Crippen LogP contribution in [-0.4, -0.2) is 47.4 Å². The van der Waals surface area contributed by atoms with Crippen LogP contribution < -0.4 is 16.7 Å². The molecule has 0 saturated carbocycles. The molecular formula is C15H24N6S. The Bertz CT molecular complexity index is 474. The quantitative estimate of drug-likeness (QED) is 0.656. The van der Waals surface area contributed by atoms with E-state index in [0.717, 1.165) is 31.7 Å². The summed E-state index contributed by atoms with van der Waals surface area (Å²) in [6.45, 7) is 2.16.